The maximum absolute atomic E-state index is 12.7. The summed E-state index contributed by atoms with van der Waals surface area (Å²) in [6, 6.07) is 11.7. The van der Waals surface area contributed by atoms with Crippen molar-refractivity contribution in [2.24, 2.45) is 0 Å². The zero-order chi connectivity index (χ0) is 20.5. The lowest BCUT2D eigenvalue weighted by Crippen LogP contribution is -2.27. The first kappa shape index (κ1) is 20.6. The number of H-pyrrole nitrogens is 1. The Morgan fingerprint density at radius 1 is 1.21 bits per heavy atom. The van der Waals surface area contributed by atoms with E-state index in [-0.39, 0.29) is 23.1 Å². The number of halogens is 3. The molecule has 0 fully saturated rings. The first-order valence-electron chi connectivity index (χ1n) is 8.36. The van der Waals surface area contributed by atoms with Crippen molar-refractivity contribution in [2.75, 3.05) is 6.54 Å². The molecular weight excluding hydrogens is 411 g/mol. The third-order valence-corrected chi connectivity index (χ3v) is 7.00. The van der Waals surface area contributed by atoms with Crippen molar-refractivity contribution >= 4 is 21.4 Å². The van der Waals surface area contributed by atoms with Crippen LogP contribution in [-0.2, 0) is 16.2 Å². The van der Waals surface area contributed by atoms with Crippen molar-refractivity contribution in [1.29, 1.82) is 0 Å². The van der Waals surface area contributed by atoms with Crippen LogP contribution in [0.3, 0.4) is 0 Å². The number of hydrogen-bond donors (Lipinski definition) is 2. The van der Waals surface area contributed by atoms with Gasteiger partial charge in [-0.3, -0.25) is 5.10 Å². The molecule has 2 heterocycles. The van der Waals surface area contributed by atoms with E-state index in [1.807, 2.05) is 42.4 Å². The summed E-state index contributed by atoms with van der Waals surface area (Å²) in [5.74, 6) is -0.0323. The minimum atomic E-state index is -4.54. The van der Waals surface area contributed by atoms with Crippen molar-refractivity contribution < 1.29 is 21.6 Å². The van der Waals surface area contributed by atoms with Crippen LogP contribution in [0.5, 0.6) is 0 Å². The summed E-state index contributed by atoms with van der Waals surface area (Å²) in [5.41, 5.74) is 0.0800. The predicted molar refractivity (Wildman–Crippen MR) is 102 cm³/mol. The molecule has 2 aromatic heterocycles. The van der Waals surface area contributed by atoms with Gasteiger partial charge < -0.3 is 0 Å². The highest BCUT2D eigenvalue weighted by molar-refractivity contribution is 7.89. The number of nitrogens with one attached hydrogen (secondary N) is 2. The van der Waals surface area contributed by atoms with Gasteiger partial charge in [-0.2, -0.15) is 18.3 Å². The molecule has 5 nitrogen and oxygen atoms in total. The lowest BCUT2D eigenvalue weighted by atomic mass is 10.0. The molecule has 0 saturated carbocycles. The third-order valence-electron chi connectivity index (χ3n) is 4.25. The monoisotopic (exact) mass is 429 g/mol. The van der Waals surface area contributed by atoms with Gasteiger partial charge in [-0.1, -0.05) is 37.3 Å². The number of nitrogens with zero attached hydrogens (tertiary/aromatic N) is 1. The maximum Gasteiger partial charge on any atom is 0.432 e. The Bertz CT molecular complexity index is 1060. The number of hydrogen-bond acceptors (Lipinski definition) is 4. The van der Waals surface area contributed by atoms with Crippen LogP contribution < -0.4 is 4.72 Å². The van der Waals surface area contributed by atoms with Crippen molar-refractivity contribution in [2.45, 2.75) is 30.8 Å². The van der Waals surface area contributed by atoms with E-state index in [1.165, 1.54) is 6.07 Å². The van der Waals surface area contributed by atoms with Gasteiger partial charge in [0.05, 0.1) is 9.77 Å². The third kappa shape index (κ3) is 4.45. The molecule has 0 aliphatic carbocycles. The van der Waals surface area contributed by atoms with E-state index in [1.54, 1.807) is 6.92 Å². The number of thiophene rings is 1. The predicted octanol–water partition coefficient (Wildman–Crippen LogP) is 4.55. The highest BCUT2D eigenvalue weighted by Crippen LogP contribution is 2.35. The van der Waals surface area contributed by atoms with E-state index in [4.69, 9.17) is 0 Å². The van der Waals surface area contributed by atoms with Gasteiger partial charge in [0.25, 0.3) is 0 Å². The Labute approximate surface area is 164 Å². The maximum atomic E-state index is 12.7. The van der Waals surface area contributed by atoms with Crippen LogP contribution in [0.2, 0.25) is 0 Å². The normalized spacial score (nSPS) is 13.6. The lowest BCUT2D eigenvalue weighted by molar-refractivity contribution is -0.141. The van der Waals surface area contributed by atoms with Crippen LogP contribution in [0.1, 0.15) is 29.0 Å². The largest absolute Gasteiger partial charge is 0.432 e. The molecular formula is C18H18F3N3O2S2. The van der Waals surface area contributed by atoms with Gasteiger partial charge in [0.2, 0.25) is 10.0 Å². The molecule has 3 aromatic rings. The molecule has 0 bridgehead atoms. The zero-order valence-corrected chi connectivity index (χ0v) is 16.7. The molecule has 0 radical (unpaired) electrons. The van der Waals surface area contributed by atoms with Crippen LogP contribution >= 0.6 is 11.3 Å². The highest BCUT2D eigenvalue weighted by Gasteiger charge is 2.33. The summed E-state index contributed by atoms with van der Waals surface area (Å²) in [6.07, 6.45) is -4.54. The molecule has 28 heavy (non-hydrogen) atoms. The van der Waals surface area contributed by atoms with Crippen LogP contribution in [0.15, 0.2) is 47.4 Å². The molecule has 0 saturated heterocycles. The van der Waals surface area contributed by atoms with Crippen LogP contribution in [0, 0.1) is 6.92 Å². The number of alkyl halides is 3. The summed E-state index contributed by atoms with van der Waals surface area (Å²) in [5, 5.41) is 5.59. The number of sulfonamides is 1. The highest BCUT2D eigenvalue weighted by atomic mass is 32.2. The summed E-state index contributed by atoms with van der Waals surface area (Å²) in [7, 11) is -3.80. The molecule has 0 aliphatic rings. The minimum absolute atomic E-state index is 0.0323. The second kappa shape index (κ2) is 7.69. The average Bonchev–Trinajstić information content (AvgIpc) is 3.27. The average molecular weight is 429 g/mol. The fourth-order valence-electron chi connectivity index (χ4n) is 2.66. The Kier molecular flexibility index (Phi) is 5.64. The van der Waals surface area contributed by atoms with Crippen molar-refractivity contribution in [3.63, 3.8) is 0 Å². The molecule has 2 N–H and O–H groups in total. The Morgan fingerprint density at radius 3 is 2.50 bits per heavy atom. The van der Waals surface area contributed by atoms with Crippen LogP contribution in [-0.4, -0.2) is 25.2 Å². The number of rotatable bonds is 6. The SMILES string of the molecule is Cc1sc(-c2cc(C(F)(F)F)[nH]n2)cc1S(=O)(=O)NC[C@H](C)c1ccccc1. The Balaban J connectivity index is 1.78. The smallest absolute Gasteiger partial charge is 0.273 e. The molecule has 3 rings (SSSR count). The van der Waals surface area contributed by atoms with Crippen LogP contribution in [0.4, 0.5) is 13.2 Å². The fraction of sp³-hybridized carbons (Fsp3) is 0.278. The lowest BCUT2D eigenvalue weighted by Gasteiger charge is -2.13. The van der Waals surface area contributed by atoms with Gasteiger partial charge in [-0.05, 0) is 30.5 Å². The minimum Gasteiger partial charge on any atom is -0.273 e. The summed E-state index contributed by atoms with van der Waals surface area (Å²) in [6.45, 7) is 3.73. The molecule has 0 amide bonds. The van der Waals surface area contributed by atoms with Gasteiger partial charge in [-0.15, -0.1) is 11.3 Å². The molecule has 150 valence electrons. The Hall–Kier alpha value is -2.17. The van der Waals surface area contributed by atoms with E-state index >= 15 is 0 Å². The van der Waals surface area contributed by atoms with Gasteiger partial charge >= 0.3 is 6.18 Å². The number of benzene rings is 1. The van der Waals surface area contributed by atoms with Crippen molar-refractivity contribution in [1.82, 2.24) is 14.9 Å². The standard InChI is InChI=1S/C18H18F3N3O2S2/c1-11(13-6-4-3-5-7-13)10-22-28(25,26)16-9-15(27-12(16)2)14-8-17(24-23-14)18(19,20)21/h3-9,11,22H,10H2,1-2H3,(H,23,24)/t11-/m0/s1. The van der Waals surface area contributed by atoms with Gasteiger partial charge in [-0.25, -0.2) is 13.1 Å². The van der Waals surface area contributed by atoms with Gasteiger partial charge in [0.1, 0.15) is 11.4 Å². The van der Waals surface area contributed by atoms with Gasteiger partial charge in [0.15, 0.2) is 0 Å². The second-order valence-electron chi connectivity index (χ2n) is 6.36. The zero-order valence-electron chi connectivity index (χ0n) is 15.0. The molecule has 0 spiro atoms. The molecule has 1 atom stereocenters. The number of aromatic nitrogens is 2. The molecule has 0 unspecified atom stereocenters. The second-order valence-corrected chi connectivity index (χ2v) is 9.35. The quantitative estimate of drug-likeness (QED) is 0.604. The first-order chi connectivity index (χ1) is 13.1. The Morgan fingerprint density at radius 2 is 1.89 bits per heavy atom. The first-order valence-corrected chi connectivity index (χ1v) is 10.7. The van der Waals surface area contributed by atoms with E-state index < -0.39 is 21.9 Å². The number of aromatic amines is 1. The summed E-state index contributed by atoms with van der Waals surface area (Å²) in [4.78, 5) is 0.872. The van der Waals surface area contributed by atoms with E-state index in [2.05, 4.69) is 9.82 Å². The van der Waals surface area contributed by atoms with Crippen LogP contribution in [0.25, 0.3) is 10.6 Å². The van der Waals surface area contributed by atoms with E-state index in [0.717, 1.165) is 23.0 Å². The molecule has 10 heteroatoms. The van der Waals surface area contributed by atoms with E-state index in [0.29, 0.717) is 9.75 Å². The van der Waals surface area contributed by atoms with Gasteiger partial charge in [0, 0.05) is 11.4 Å². The topological polar surface area (TPSA) is 74.8 Å². The van der Waals surface area contributed by atoms with Crippen molar-refractivity contribution in [3.8, 4) is 10.6 Å². The number of aryl methyl sites for hydroxylation is 1. The van der Waals surface area contributed by atoms with E-state index in [9.17, 15) is 21.6 Å². The molecule has 1 aromatic carbocycles. The fourth-order valence-corrected chi connectivity index (χ4v) is 5.34. The summed E-state index contributed by atoms with van der Waals surface area (Å²) >= 11 is 1.08. The molecule has 0 aliphatic heterocycles. The van der Waals surface area contributed by atoms with Crippen molar-refractivity contribution in [3.05, 3.63) is 58.6 Å². The summed E-state index contributed by atoms with van der Waals surface area (Å²) < 4.78 is 66.1.